The van der Waals surface area contributed by atoms with E-state index in [4.69, 9.17) is 0 Å². The molecule has 0 aromatic rings. The number of hydrogen-bond acceptors (Lipinski definition) is 2. The van der Waals surface area contributed by atoms with Gasteiger partial charge >= 0.3 is 6.03 Å². The molecule has 0 aliphatic carbocycles. The number of thioether (sulfide) groups is 1. The van der Waals surface area contributed by atoms with Crippen LogP contribution in [-0.4, -0.2) is 42.1 Å². The van der Waals surface area contributed by atoms with Crippen LogP contribution in [-0.2, 0) is 0 Å². The molecule has 1 N–H and O–H groups in total. The van der Waals surface area contributed by atoms with Crippen molar-refractivity contribution in [1.29, 1.82) is 0 Å². The third-order valence-corrected chi connectivity index (χ3v) is 3.72. The molecule has 0 radical (unpaired) electrons. The third kappa shape index (κ3) is 3.46. The van der Waals surface area contributed by atoms with E-state index in [1.165, 1.54) is 18.6 Å². The van der Waals surface area contributed by atoms with E-state index >= 15 is 0 Å². The minimum absolute atomic E-state index is 0.0509. The average Bonchev–Trinajstić information content (AvgIpc) is 2.65. The topological polar surface area (TPSA) is 32.3 Å². The summed E-state index contributed by atoms with van der Waals surface area (Å²) in [4.78, 5) is 13.0. The molecule has 1 fully saturated rings. The quantitative estimate of drug-likeness (QED) is 0.753. The van der Waals surface area contributed by atoms with Gasteiger partial charge in [0.1, 0.15) is 0 Å². The lowest BCUT2D eigenvalue weighted by Gasteiger charge is -2.17. The Morgan fingerprint density at radius 2 is 2.46 bits per heavy atom. The van der Waals surface area contributed by atoms with E-state index in [9.17, 15) is 4.79 Å². The summed E-state index contributed by atoms with van der Waals surface area (Å²) in [7, 11) is 1.82. The van der Waals surface area contributed by atoms with Gasteiger partial charge in [0.15, 0.2) is 0 Å². The van der Waals surface area contributed by atoms with E-state index in [1.54, 1.807) is 4.90 Å². The third-order valence-electron chi connectivity index (χ3n) is 2.33. The minimum atomic E-state index is 0.0509. The molecule has 0 aromatic carbocycles. The predicted octanol–water partition coefficient (Wildman–Crippen LogP) is 1.54. The summed E-state index contributed by atoms with van der Waals surface area (Å²) in [6, 6.07) is 0.0509. The SMILES string of the molecule is CCN(C)C(=O)NCC1CCCS1. The van der Waals surface area contributed by atoms with Gasteiger partial charge in [0.25, 0.3) is 0 Å². The monoisotopic (exact) mass is 202 g/mol. The van der Waals surface area contributed by atoms with Gasteiger partial charge in [-0.15, -0.1) is 0 Å². The van der Waals surface area contributed by atoms with Crippen molar-refractivity contribution in [2.75, 3.05) is 25.9 Å². The number of urea groups is 1. The summed E-state index contributed by atoms with van der Waals surface area (Å²) >= 11 is 1.97. The molecule has 13 heavy (non-hydrogen) atoms. The number of carbonyl (C=O) groups is 1. The lowest BCUT2D eigenvalue weighted by atomic mass is 10.2. The Bertz CT molecular complexity index is 169. The van der Waals surface area contributed by atoms with Crippen LogP contribution in [0.4, 0.5) is 4.79 Å². The summed E-state index contributed by atoms with van der Waals surface area (Å²) in [6.45, 7) is 3.57. The van der Waals surface area contributed by atoms with Crippen molar-refractivity contribution in [3.63, 3.8) is 0 Å². The van der Waals surface area contributed by atoms with Gasteiger partial charge in [-0.3, -0.25) is 0 Å². The molecule has 1 rings (SSSR count). The Morgan fingerprint density at radius 3 is 3.00 bits per heavy atom. The summed E-state index contributed by atoms with van der Waals surface area (Å²) < 4.78 is 0. The van der Waals surface area contributed by atoms with Crippen LogP contribution in [0.1, 0.15) is 19.8 Å². The Kier molecular flexibility index (Phi) is 4.42. The van der Waals surface area contributed by atoms with Crippen LogP contribution < -0.4 is 5.32 Å². The molecule has 1 atom stereocenters. The van der Waals surface area contributed by atoms with Crippen LogP contribution in [0, 0.1) is 0 Å². The van der Waals surface area contributed by atoms with Crippen molar-refractivity contribution in [3.8, 4) is 0 Å². The molecule has 0 aromatic heterocycles. The van der Waals surface area contributed by atoms with Crippen LogP contribution in [0.3, 0.4) is 0 Å². The molecule has 0 bridgehead atoms. The summed E-state index contributed by atoms with van der Waals surface area (Å²) in [5, 5.41) is 3.59. The van der Waals surface area contributed by atoms with Crippen LogP contribution in [0.15, 0.2) is 0 Å². The normalized spacial score (nSPS) is 21.5. The highest BCUT2D eigenvalue weighted by Crippen LogP contribution is 2.25. The summed E-state index contributed by atoms with van der Waals surface area (Å²) in [6.07, 6.45) is 2.55. The molecule has 0 saturated carbocycles. The van der Waals surface area contributed by atoms with Gasteiger partial charge in [-0.25, -0.2) is 4.79 Å². The van der Waals surface area contributed by atoms with E-state index in [-0.39, 0.29) is 6.03 Å². The second-order valence-corrected chi connectivity index (χ2v) is 4.74. The first-order chi connectivity index (χ1) is 6.24. The standard InChI is InChI=1S/C9H18N2OS/c1-3-11(2)9(12)10-7-8-5-4-6-13-8/h8H,3-7H2,1-2H3,(H,10,12). The van der Waals surface area contributed by atoms with Crippen LogP contribution in [0.2, 0.25) is 0 Å². The van der Waals surface area contributed by atoms with Crippen molar-refractivity contribution in [1.82, 2.24) is 10.2 Å². The van der Waals surface area contributed by atoms with E-state index in [0.717, 1.165) is 13.1 Å². The zero-order valence-corrected chi connectivity index (χ0v) is 9.19. The minimum Gasteiger partial charge on any atom is -0.337 e. The highest BCUT2D eigenvalue weighted by atomic mass is 32.2. The average molecular weight is 202 g/mol. The van der Waals surface area contributed by atoms with Crippen molar-refractivity contribution in [2.45, 2.75) is 25.0 Å². The molecular formula is C9H18N2OS. The molecule has 3 nitrogen and oxygen atoms in total. The zero-order chi connectivity index (χ0) is 9.68. The second-order valence-electron chi connectivity index (χ2n) is 3.34. The zero-order valence-electron chi connectivity index (χ0n) is 8.38. The lowest BCUT2D eigenvalue weighted by molar-refractivity contribution is 0.211. The molecule has 4 heteroatoms. The fourth-order valence-electron chi connectivity index (χ4n) is 1.29. The Morgan fingerprint density at radius 1 is 1.69 bits per heavy atom. The van der Waals surface area contributed by atoms with Crippen LogP contribution >= 0.6 is 11.8 Å². The maximum Gasteiger partial charge on any atom is 0.317 e. The van der Waals surface area contributed by atoms with Gasteiger partial charge in [0.2, 0.25) is 0 Å². The number of nitrogens with zero attached hydrogens (tertiary/aromatic N) is 1. The van der Waals surface area contributed by atoms with Gasteiger partial charge < -0.3 is 10.2 Å². The number of amides is 2. The fraction of sp³-hybridized carbons (Fsp3) is 0.889. The van der Waals surface area contributed by atoms with Crippen molar-refractivity contribution in [2.24, 2.45) is 0 Å². The van der Waals surface area contributed by atoms with Gasteiger partial charge in [-0.05, 0) is 25.5 Å². The Balaban J connectivity index is 2.13. The molecule has 76 valence electrons. The number of carbonyl (C=O) groups excluding carboxylic acids is 1. The molecule has 1 aliphatic rings. The molecule has 1 saturated heterocycles. The van der Waals surface area contributed by atoms with E-state index in [2.05, 4.69) is 5.32 Å². The van der Waals surface area contributed by atoms with Crippen LogP contribution in [0.5, 0.6) is 0 Å². The number of rotatable bonds is 3. The smallest absolute Gasteiger partial charge is 0.317 e. The van der Waals surface area contributed by atoms with E-state index in [1.807, 2.05) is 25.7 Å². The summed E-state index contributed by atoms with van der Waals surface area (Å²) in [5.41, 5.74) is 0. The van der Waals surface area contributed by atoms with E-state index < -0.39 is 0 Å². The lowest BCUT2D eigenvalue weighted by Crippen LogP contribution is -2.39. The first-order valence-corrected chi connectivity index (χ1v) is 5.89. The first-order valence-electron chi connectivity index (χ1n) is 4.84. The maximum absolute atomic E-state index is 11.3. The molecule has 0 spiro atoms. The van der Waals surface area contributed by atoms with Crippen molar-refractivity contribution < 1.29 is 4.79 Å². The van der Waals surface area contributed by atoms with E-state index in [0.29, 0.717) is 5.25 Å². The second kappa shape index (κ2) is 5.37. The predicted molar refractivity (Wildman–Crippen MR) is 57.2 cm³/mol. The molecule has 1 unspecified atom stereocenters. The van der Waals surface area contributed by atoms with Gasteiger partial charge in [-0.1, -0.05) is 0 Å². The number of hydrogen-bond donors (Lipinski definition) is 1. The molecule has 1 heterocycles. The van der Waals surface area contributed by atoms with Crippen molar-refractivity contribution in [3.05, 3.63) is 0 Å². The van der Waals surface area contributed by atoms with Gasteiger partial charge in [0, 0.05) is 25.4 Å². The molecule has 1 aliphatic heterocycles. The van der Waals surface area contributed by atoms with Gasteiger partial charge in [-0.2, -0.15) is 11.8 Å². The first kappa shape index (κ1) is 10.7. The highest BCUT2D eigenvalue weighted by molar-refractivity contribution is 8.00. The maximum atomic E-state index is 11.3. The molecular weight excluding hydrogens is 184 g/mol. The Labute approximate surface area is 84.2 Å². The Hall–Kier alpha value is -0.380. The largest absolute Gasteiger partial charge is 0.337 e. The molecule has 2 amide bonds. The van der Waals surface area contributed by atoms with Crippen molar-refractivity contribution >= 4 is 17.8 Å². The number of nitrogens with one attached hydrogen (secondary N) is 1. The summed E-state index contributed by atoms with van der Waals surface area (Å²) in [5.74, 6) is 1.25. The van der Waals surface area contributed by atoms with Crippen LogP contribution in [0.25, 0.3) is 0 Å². The fourth-order valence-corrected chi connectivity index (χ4v) is 2.49. The van der Waals surface area contributed by atoms with Gasteiger partial charge in [0.05, 0.1) is 0 Å². The highest BCUT2D eigenvalue weighted by Gasteiger charge is 2.16.